The molecule has 1 heterocycles. The lowest BCUT2D eigenvalue weighted by atomic mass is 10.2. The number of nitrogens with zero attached hydrogens (tertiary/aromatic N) is 3. The molecule has 2 aromatic rings. The van der Waals surface area contributed by atoms with Crippen molar-refractivity contribution in [1.29, 1.82) is 0 Å². The fourth-order valence-corrected chi connectivity index (χ4v) is 2.58. The van der Waals surface area contributed by atoms with E-state index < -0.39 is 0 Å². The number of amides is 1. The molecule has 7 heteroatoms. The summed E-state index contributed by atoms with van der Waals surface area (Å²) in [5, 5.41) is 8.59. The number of benzene rings is 1. The van der Waals surface area contributed by atoms with Crippen molar-refractivity contribution in [3.8, 4) is 11.5 Å². The molecule has 0 spiro atoms. The fourth-order valence-electron chi connectivity index (χ4n) is 1.56. The third-order valence-electron chi connectivity index (χ3n) is 2.54. The molecule has 0 fully saturated rings. The number of rotatable bonds is 4. The maximum atomic E-state index is 11.8. The van der Waals surface area contributed by atoms with E-state index in [1.54, 1.807) is 33.2 Å². The molecule has 0 aliphatic rings. The average molecular weight is 312 g/mol. The van der Waals surface area contributed by atoms with Crippen molar-refractivity contribution in [2.75, 3.05) is 14.1 Å². The Kier molecular flexibility index (Phi) is 4.67. The molecule has 1 aromatic carbocycles. The Morgan fingerprint density at radius 1 is 1.40 bits per heavy atom. The molecular weight excluding hydrogens is 298 g/mol. The van der Waals surface area contributed by atoms with Gasteiger partial charge in [0.25, 0.3) is 5.22 Å². The standard InChI is InChI=1S/C13H14ClN3O2S/c1-8(12(18)17(2)3)20-13-16-15-11(19-13)9-5-4-6-10(14)7-9/h4-8H,1-3H3/t8-/m0/s1. The van der Waals surface area contributed by atoms with E-state index in [2.05, 4.69) is 10.2 Å². The Labute approximate surface area is 126 Å². The molecule has 2 rings (SSSR count). The van der Waals surface area contributed by atoms with Crippen LogP contribution in [0.15, 0.2) is 33.9 Å². The van der Waals surface area contributed by atoms with Gasteiger partial charge in [-0.1, -0.05) is 29.4 Å². The number of carbonyl (C=O) groups excluding carboxylic acids is 1. The zero-order valence-corrected chi connectivity index (χ0v) is 12.9. The fraction of sp³-hybridized carbons (Fsp3) is 0.308. The third kappa shape index (κ3) is 3.52. The Morgan fingerprint density at radius 3 is 2.80 bits per heavy atom. The predicted molar refractivity (Wildman–Crippen MR) is 78.8 cm³/mol. The summed E-state index contributed by atoms with van der Waals surface area (Å²) in [4.78, 5) is 13.3. The van der Waals surface area contributed by atoms with Crippen molar-refractivity contribution < 1.29 is 9.21 Å². The van der Waals surface area contributed by atoms with Crippen LogP contribution < -0.4 is 0 Å². The average Bonchev–Trinajstić information content (AvgIpc) is 2.86. The van der Waals surface area contributed by atoms with E-state index in [-0.39, 0.29) is 11.2 Å². The van der Waals surface area contributed by atoms with Gasteiger partial charge in [0.1, 0.15) is 0 Å². The van der Waals surface area contributed by atoms with Gasteiger partial charge in [0.15, 0.2) is 0 Å². The molecule has 0 unspecified atom stereocenters. The zero-order valence-electron chi connectivity index (χ0n) is 11.3. The molecule has 1 amide bonds. The Morgan fingerprint density at radius 2 is 2.15 bits per heavy atom. The van der Waals surface area contributed by atoms with Gasteiger partial charge in [-0.15, -0.1) is 10.2 Å². The maximum Gasteiger partial charge on any atom is 0.277 e. The molecule has 5 nitrogen and oxygen atoms in total. The van der Waals surface area contributed by atoms with E-state index >= 15 is 0 Å². The zero-order chi connectivity index (χ0) is 14.7. The monoisotopic (exact) mass is 311 g/mol. The van der Waals surface area contributed by atoms with Crippen LogP contribution >= 0.6 is 23.4 Å². The summed E-state index contributed by atoms with van der Waals surface area (Å²) in [5.41, 5.74) is 0.753. The molecule has 1 aromatic heterocycles. The van der Waals surface area contributed by atoms with Gasteiger partial charge in [-0.2, -0.15) is 0 Å². The number of aromatic nitrogens is 2. The molecule has 106 valence electrons. The topological polar surface area (TPSA) is 59.2 Å². The summed E-state index contributed by atoms with van der Waals surface area (Å²) in [5.74, 6) is 0.386. The van der Waals surface area contributed by atoms with E-state index in [1.807, 2.05) is 12.1 Å². The smallest absolute Gasteiger partial charge is 0.277 e. The van der Waals surface area contributed by atoms with Crippen LogP contribution in [0.25, 0.3) is 11.5 Å². The van der Waals surface area contributed by atoms with Crippen LogP contribution in [-0.2, 0) is 4.79 Å². The summed E-state index contributed by atoms with van der Waals surface area (Å²) in [6, 6.07) is 7.17. The summed E-state index contributed by atoms with van der Waals surface area (Å²) in [6.45, 7) is 1.80. The molecular formula is C13H14ClN3O2S. The van der Waals surface area contributed by atoms with Crippen LogP contribution in [0.2, 0.25) is 5.02 Å². The first kappa shape index (κ1) is 14.9. The Balaban J connectivity index is 2.12. The third-order valence-corrected chi connectivity index (χ3v) is 3.70. The highest BCUT2D eigenvalue weighted by molar-refractivity contribution is 8.00. The molecule has 0 aliphatic heterocycles. The molecule has 0 aliphatic carbocycles. The molecule has 0 N–H and O–H groups in total. The lowest BCUT2D eigenvalue weighted by molar-refractivity contribution is -0.127. The Hall–Kier alpha value is -1.53. The van der Waals surface area contributed by atoms with E-state index in [0.29, 0.717) is 16.1 Å². The summed E-state index contributed by atoms with van der Waals surface area (Å²) >= 11 is 7.15. The lowest BCUT2D eigenvalue weighted by Crippen LogP contribution is -2.29. The summed E-state index contributed by atoms with van der Waals surface area (Å²) in [6.07, 6.45) is 0. The number of halogens is 1. The highest BCUT2D eigenvalue weighted by atomic mass is 35.5. The van der Waals surface area contributed by atoms with Crippen LogP contribution in [0.3, 0.4) is 0 Å². The van der Waals surface area contributed by atoms with Gasteiger partial charge in [0.05, 0.1) is 5.25 Å². The quantitative estimate of drug-likeness (QED) is 0.812. The highest BCUT2D eigenvalue weighted by Crippen LogP contribution is 2.27. The van der Waals surface area contributed by atoms with Gasteiger partial charge in [-0.25, -0.2) is 0 Å². The van der Waals surface area contributed by atoms with Crippen LogP contribution in [-0.4, -0.2) is 40.3 Å². The van der Waals surface area contributed by atoms with Gasteiger partial charge in [0, 0.05) is 24.7 Å². The predicted octanol–water partition coefficient (Wildman–Crippen LogP) is 2.96. The number of hydrogen-bond acceptors (Lipinski definition) is 5. The molecule has 0 radical (unpaired) electrons. The first-order chi connectivity index (χ1) is 9.47. The second kappa shape index (κ2) is 6.28. The molecule has 1 atom stereocenters. The van der Waals surface area contributed by atoms with Gasteiger partial charge in [-0.05, 0) is 25.1 Å². The lowest BCUT2D eigenvalue weighted by Gasteiger charge is -2.14. The summed E-state index contributed by atoms with van der Waals surface area (Å²) < 4.78 is 5.54. The Bertz CT molecular complexity index is 615. The van der Waals surface area contributed by atoms with E-state index in [9.17, 15) is 4.79 Å². The minimum Gasteiger partial charge on any atom is -0.411 e. The second-order valence-corrected chi connectivity index (χ2v) is 6.10. The molecule has 0 saturated heterocycles. The number of hydrogen-bond donors (Lipinski definition) is 0. The second-order valence-electron chi connectivity index (χ2n) is 4.38. The van der Waals surface area contributed by atoms with Crippen molar-refractivity contribution in [2.45, 2.75) is 17.4 Å². The van der Waals surface area contributed by atoms with Crippen LogP contribution in [0.1, 0.15) is 6.92 Å². The molecule has 0 bridgehead atoms. The van der Waals surface area contributed by atoms with Crippen molar-refractivity contribution in [3.63, 3.8) is 0 Å². The SMILES string of the molecule is C[C@H](Sc1nnc(-c2cccc(Cl)c2)o1)C(=O)N(C)C. The van der Waals surface area contributed by atoms with Gasteiger partial charge >= 0.3 is 0 Å². The highest BCUT2D eigenvalue weighted by Gasteiger charge is 2.19. The minimum atomic E-state index is -0.280. The first-order valence-corrected chi connectivity index (χ1v) is 7.20. The minimum absolute atomic E-state index is 0.00231. The van der Waals surface area contributed by atoms with Crippen LogP contribution in [0, 0.1) is 0 Å². The normalized spacial score (nSPS) is 12.2. The van der Waals surface area contributed by atoms with Gasteiger partial charge < -0.3 is 9.32 Å². The molecule has 20 heavy (non-hydrogen) atoms. The van der Waals surface area contributed by atoms with E-state index in [4.69, 9.17) is 16.0 Å². The maximum absolute atomic E-state index is 11.8. The van der Waals surface area contributed by atoms with Crippen molar-refractivity contribution in [3.05, 3.63) is 29.3 Å². The molecule has 0 saturated carbocycles. The van der Waals surface area contributed by atoms with Crippen LogP contribution in [0.5, 0.6) is 0 Å². The summed E-state index contributed by atoms with van der Waals surface area (Å²) in [7, 11) is 3.43. The largest absolute Gasteiger partial charge is 0.411 e. The van der Waals surface area contributed by atoms with Gasteiger partial charge in [-0.3, -0.25) is 4.79 Å². The van der Waals surface area contributed by atoms with E-state index in [0.717, 1.165) is 5.56 Å². The van der Waals surface area contributed by atoms with Crippen molar-refractivity contribution in [1.82, 2.24) is 15.1 Å². The van der Waals surface area contributed by atoms with Crippen LogP contribution in [0.4, 0.5) is 0 Å². The van der Waals surface area contributed by atoms with Crippen molar-refractivity contribution >= 4 is 29.3 Å². The van der Waals surface area contributed by atoms with Crippen molar-refractivity contribution in [2.24, 2.45) is 0 Å². The number of thioether (sulfide) groups is 1. The van der Waals surface area contributed by atoms with Gasteiger partial charge in [0.2, 0.25) is 11.8 Å². The number of carbonyl (C=O) groups is 1. The van der Waals surface area contributed by atoms with E-state index in [1.165, 1.54) is 16.7 Å². The first-order valence-electron chi connectivity index (χ1n) is 5.94.